The molecule has 21 heavy (non-hydrogen) atoms. The zero-order valence-electron chi connectivity index (χ0n) is 11.0. The van der Waals surface area contributed by atoms with Crippen LogP contribution < -0.4 is 14.8 Å². The summed E-state index contributed by atoms with van der Waals surface area (Å²) in [7, 11) is 0. The van der Waals surface area contributed by atoms with Crippen molar-refractivity contribution in [1.82, 2.24) is 10.2 Å². The van der Waals surface area contributed by atoms with E-state index in [1.807, 2.05) is 0 Å². The van der Waals surface area contributed by atoms with Gasteiger partial charge in [-0.3, -0.25) is 19.7 Å². The van der Waals surface area contributed by atoms with Crippen LogP contribution >= 0.6 is 0 Å². The van der Waals surface area contributed by atoms with Crippen LogP contribution in [0.1, 0.15) is 28.8 Å². The highest BCUT2D eigenvalue weighted by atomic mass is 16.7. The lowest BCUT2D eigenvalue weighted by Crippen LogP contribution is -2.52. The number of piperidine rings is 1. The predicted molar refractivity (Wildman–Crippen MR) is 68.6 cm³/mol. The summed E-state index contributed by atoms with van der Waals surface area (Å²) in [6, 6.07) is 2.78. The van der Waals surface area contributed by atoms with Gasteiger partial charge in [-0.05, 0) is 18.6 Å². The van der Waals surface area contributed by atoms with Crippen molar-refractivity contribution in [3.05, 3.63) is 23.3 Å². The van der Waals surface area contributed by atoms with Gasteiger partial charge in [-0.1, -0.05) is 0 Å². The third-order valence-corrected chi connectivity index (χ3v) is 4.05. The van der Waals surface area contributed by atoms with Crippen molar-refractivity contribution in [2.24, 2.45) is 0 Å². The molecule has 1 atom stereocenters. The molecule has 3 heterocycles. The molecule has 1 saturated heterocycles. The Labute approximate surface area is 119 Å². The van der Waals surface area contributed by atoms with Crippen LogP contribution in [0.5, 0.6) is 11.5 Å². The van der Waals surface area contributed by atoms with E-state index in [4.69, 9.17) is 9.47 Å². The zero-order chi connectivity index (χ0) is 14.6. The molecule has 1 unspecified atom stereocenters. The number of ether oxygens (including phenoxy) is 2. The summed E-state index contributed by atoms with van der Waals surface area (Å²) in [5.41, 5.74) is 1.28. The standard InChI is InChI=1S/C14H12N2O5/c17-11-4-2-9(13(18)15-11)16-5-8-7(14(16)19)1-3-10-12(8)21-6-20-10/h1,3,9H,2,4-6H2,(H,15,17,18). The molecule has 1 aromatic carbocycles. The highest BCUT2D eigenvalue weighted by molar-refractivity contribution is 6.05. The number of carbonyl (C=O) groups excluding carboxylic acids is 3. The molecule has 108 valence electrons. The lowest BCUT2D eigenvalue weighted by atomic mass is 10.0. The predicted octanol–water partition coefficient (Wildman–Crippen LogP) is 0.176. The van der Waals surface area contributed by atoms with E-state index in [-0.39, 0.29) is 25.0 Å². The molecule has 7 nitrogen and oxygen atoms in total. The molecule has 7 heteroatoms. The molecule has 0 aliphatic carbocycles. The quantitative estimate of drug-likeness (QED) is 0.745. The van der Waals surface area contributed by atoms with E-state index in [0.717, 1.165) is 5.56 Å². The SMILES string of the molecule is O=C1CCC(N2Cc3c(ccc4c3OCO4)C2=O)C(=O)N1. The molecule has 0 aromatic heterocycles. The first-order valence-corrected chi connectivity index (χ1v) is 6.71. The molecule has 3 aliphatic heterocycles. The van der Waals surface area contributed by atoms with E-state index < -0.39 is 11.9 Å². The average molecular weight is 288 g/mol. The molecular formula is C14H12N2O5. The van der Waals surface area contributed by atoms with Gasteiger partial charge in [-0.25, -0.2) is 0 Å². The number of nitrogens with zero attached hydrogens (tertiary/aromatic N) is 1. The fourth-order valence-corrected chi connectivity index (χ4v) is 3.02. The largest absolute Gasteiger partial charge is 0.454 e. The Hall–Kier alpha value is -2.57. The molecule has 0 bridgehead atoms. The minimum atomic E-state index is -0.611. The third kappa shape index (κ3) is 1.70. The second-order valence-electron chi connectivity index (χ2n) is 5.23. The molecule has 0 radical (unpaired) electrons. The first kappa shape index (κ1) is 12.2. The van der Waals surface area contributed by atoms with E-state index >= 15 is 0 Å². The van der Waals surface area contributed by atoms with Gasteiger partial charge in [0.25, 0.3) is 5.91 Å². The lowest BCUT2D eigenvalue weighted by Gasteiger charge is -2.29. The maximum absolute atomic E-state index is 12.5. The summed E-state index contributed by atoms with van der Waals surface area (Å²) in [6.07, 6.45) is 0.595. The maximum Gasteiger partial charge on any atom is 0.255 e. The lowest BCUT2D eigenvalue weighted by molar-refractivity contribution is -0.136. The Kier molecular flexibility index (Phi) is 2.44. The Morgan fingerprint density at radius 1 is 1.19 bits per heavy atom. The van der Waals surface area contributed by atoms with Crippen LogP contribution in [0.25, 0.3) is 0 Å². The van der Waals surface area contributed by atoms with Crippen LogP contribution in [0.3, 0.4) is 0 Å². The molecule has 0 saturated carbocycles. The van der Waals surface area contributed by atoms with E-state index in [2.05, 4.69) is 5.32 Å². The van der Waals surface area contributed by atoms with Gasteiger partial charge in [0.1, 0.15) is 6.04 Å². The number of benzene rings is 1. The molecular weight excluding hydrogens is 276 g/mol. The average Bonchev–Trinajstić information content (AvgIpc) is 3.04. The maximum atomic E-state index is 12.5. The fourth-order valence-electron chi connectivity index (χ4n) is 3.02. The van der Waals surface area contributed by atoms with Crippen molar-refractivity contribution in [3.63, 3.8) is 0 Å². The first-order valence-electron chi connectivity index (χ1n) is 6.71. The third-order valence-electron chi connectivity index (χ3n) is 4.05. The summed E-state index contributed by atoms with van der Waals surface area (Å²) < 4.78 is 10.7. The Morgan fingerprint density at radius 2 is 2.05 bits per heavy atom. The van der Waals surface area contributed by atoms with Crippen molar-refractivity contribution in [3.8, 4) is 11.5 Å². The van der Waals surface area contributed by atoms with Crippen molar-refractivity contribution in [2.75, 3.05) is 6.79 Å². The number of imide groups is 1. The van der Waals surface area contributed by atoms with Crippen molar-refractivity contribution < 1.29 is 23.9 Å². The van der Waals surface area contributed by atoms with Crippen LogP contribution in [-0.2, 0) is 16.1 Å². The van der Waals surface area contributed by atoms with Crippen LogP contribution in [0.4, 0.5) is 0 Å². The molecule has 3 aliphatic rings. The smallest absolute Gasteiger partial charge is 0.255 e. The minimum Gasteiger partial charge on any atom is -0.454 e. The topological polar surface area (TPSA) is 84.9 Å². The van der Waals surface area contributed by atoms with Crippen LogP contribution in [-0.4, -0.2) is 35.5 Å². The fraction of sp³-hybridized carbons (Fsp3) is 0.357. The van der Waals surface area contributed by atoms with Gasteiger partial charge in [-0.15, -0.1) is 0 Å². The van der Waals surface area contributed by atoms with E-state index in [9.17, 15) is 14.4 Å². The monoisotopic (exact) mass is 288 g/mol. The minimum absolute atomic E-state index is 0.137. The second-order valence-corrected chi connectivity index (χ2v) is 5.23. The number of carbonyl (C=O) groups is 3. The Bertz CT molecular complexity index is 684. The number of hydrogen-bond donors (Lipinski definition) is 1. The Balaban J connectivity index is 1.67. The summed E-state index contributed by atoms with van der Waals surface area (Å²) in [6.45, 7) is 0.436. The summed E-state index contributed by atoms with van der Waals surface area (Å²) >= 11 is 0. The van der Waals surface area contributed by atoms with E-state index in [0.29, 0.717) is 30.0 Å². The Morgan fingerprint density at radius 3 is 2.86 bits per heavy atom. The van der Waals surface area contributed by atoms with Crippen LogP contribution in [0.15, 0.2) is 12.1 Å². The zero-order valence-corrected chi connectivity index (χ0v) is 11.0. The number of hydrogen-bond acceptors (Lipinski definition) is 5. The highest BCUT2D eigenvalue weighted by Gasteiger charge is 2.41. The van der Waals surface area contributed by atoms with Gasteiger partial charge < -0.3 is 14.4 Å². The summed E-state index contributed by atoms with van der Waals surface area (Å²) in [4.78, 5) is 37.1. The van der Waals surface area contributed by atoms with Gasteiger partial charge in [0, 0.05) is 17.5 Å². The van der Waals surface area contributed by atoms with Crippen molar-refractivity contribution in [1.29, 1.82) is 0 Å². The molecule has 1 N–H and O–H groups in total. The molecule has 4 rings (SSSR count). The number of rotatable bonds is 1. The van der Waals surface area contributed by atoms with Gasteiger partial charge in [-0.2, -0.15) is 0 Å². The number of nitrogens with one attached hydrogen (secondary N) is 1. The summed E-state index contributed by atoms with van der Waals surface area (Å²) in [5, 5.41) is 2.28. The van der Waals surface area contributed by atoms with Crippen molar-refractivity contribution in [2.45, 2.75) is 25.4 Å². The van der Waals surface area contributed by atoms with Crippen molar-refractivity contribution >= 4 is 17.7 Å². The van der Waals surface area contributed by atoms with Gasteiger partial charge in [0.2, 0.25) is 18.6 Å². The van der Waals surface area contributed by atoms with E-state index in [1.165, 1.54) is 4.90 Å². The first-order chi connectivity index (χ1) is 10.1. The van der Waals surface area contributed by atoms with Gasteiger partial charge >= 0.3 is 0 Å². The van der Waals surface area contributed by atoms with Crippen LogP contribution in [0.2, 0.25) is 0 Å². The number of fused-ring (bicyclic) bond motifs is 3. The van der Waals surface area contributed by atoms with E-state index in [1.54, 1.807) is 12.1 Å². The highest BCUT2D eigenvalue weighted by Crippen LogP contribution is 2.42. The number of amides is 3. The van der Waals surface area contributed by atoms with Gasteiger partial charge in [0.15, 0.2) is 11.5 Å². The molecule has 1 fully saturated rings. The van der Waals surface area contributed by atoms with Crippen LogP contribution in [0, 0.1) is 0 Å². The normalized spacial score (nSPS) is 23.3. The molecule has 3 amide bonds. The second kappa shape index (κ2) is 4.21. The molecule has 1 aromatic rings. The molecule has 0 spiro atoms. The summed E-state index contributed by atoms with van der Waals surface area (Å²) in [5.74, 6) is 0.277. The van der Waals surface area contributed by atoms with Gasteiger partial charge in [0.05, 0.1) is 6.54 Å².